The number of hydrogen-bond donors (Lipinski definition) is 0. The van der Waals surface area contributed by atoms with E-state index in [0.717, 1.165) is 0 Å². The highest BCUT2D eigenvalue weighted by Gasteiger charge is 2.86. The minimum Gasteiger partial charge on any atom is -0.219 e. The van der Waals surface area contributed by atoms with Crippen molar-refractivity contribution in [2.24, 2.45) is 0 Å². The molecule has 0 rings (SSSR count). The third kappa shape index (κ3) is 1.90. The summed E-state index contributed by atoms with van der Waals surface area (Å²) in [6.45, 7) is 0. The Morgan fingerprint density at radius 2 is 0.875 bits per heavy atom. The summed E-state index contributed by atoms with van der Waals surface area (Å²) in [6, 6.07) is 0. The van der Waals surface area contributed by atoms with E-state index in [2.05, 4.69) is 0 Å². The molecule has 1 unspecified atom stereocenters. The first-order valence-electron chi connectivity index (χ1n) is 3.08. The average molecular weight is 269 g/mol. The molecule has 0 amide bonds. The van der Waals surface area contributed by atoms with E-state index in [9.17, 15) is 48.3 Å². The molecule has 16 heavy (non-hydrogen) atoms. The Bertz CT molecular complexity index is 246. The first-order chi connectivity index (χ1) is 6.69. The molecule has 0 heterocycles. The van der Waals surface area contributed by atoms with Crippen molar-refractivity contribution in [1.82, 2.24) is 0 Å². The van der Waals surface area contributed by atoms with Crippen LogP contribution in [0.15, 0.2) is 0 Å². The molecule has 0 nitrogen and oxygen atoms in total. The van der Waals surface area contributed by atoms with Crippen molar-refractivity contribution in [3.05, 3.63) is 6.43 Å². The third-order valence-electron chi connectivity index (χ3n) is 1.44. The number of hydrogen-bond acceptors (Lipinski definition) is 0. The maximum Gasteiger partial charge on any atom is 0.457 e. The standard InChI is InChI=1S/C5F11/c6-1(7)2(8,4(11,12)13)3(9,10)5(14,15)16. The molecule has 97 valence electrons. The van der Waals surface area contributed by atoms with Crippen molar-refractivity contribution in [3.63, 3.8) is 0 Å². The monoisotopic (exact) mass is 269 g/mol. The van der Waals surface area contributed by atoms with Gasteiger partial charge in [0.25, 0.3) is 0 Å². The van der Waals surface area contributed by atoms with Crippen molar-refractivity contribution < 1.29 is 48.3 Å². The summed E-state index contributed by atoms with van der Waals surface area (Å²) < 4.78 is 128. The van der Waals surface area contributed by atoms with Crippen LogP contribution in [0.4, 0.5) is 48.3 Å². The zero-order valence-corrected chi connectivity index (χ0v) is 6.66. The lowest BCUT2D eigenvalue weighted by Gasteiger charge is -2.33. The number of halogens is 11. The van der Waals surface area contributed by atoms with Gasteiger partial charge >= 0.3 is 30.4 Å². The Hall–Kier alpha value is -0.770. The molecule has 0 N–H and O–H groups in total. The summed E-state index contributed by atoms with van der Waals surface area (Å²) >= 11 is 0. The SMILES string of the molecule is F[C](F)C(F)(C(F)(F)F)C(F)(F)C(F)(F)F. The molecule has 0 saturated heterocycles. The zero-order chi connectivity index (χ0) is 13.6. The van der Waals surface area contributed by atoms with Crippen LogP contribution in [0.1, 0.15) is 0 Å². The van der Waals surface area contributed by atoms with Crippen molar-refractivity contribution in [3.8, 4) is 0 Å². The Morgan fingerprint density at radius 3 is 0.938 bits per heavy atom. The van der Waals surface area contributed by atoms with Gasteiger partial charge in [-0.15, -0.1) is 0 Å². The molecule has 0 saturated carbocycles. The topological polar surface area (TPSA) is 0 Å². The van der Waals surface area contributed by atoms with Crippen LogP contribution in [-0.4, -0.2) is 23.9 Å². The zero-order valence-electron chi connectivity index (χ0n) is 6.66. The van der Waals surface area contributed by atoms with Gasteiger partial charge in [0, 0.05) is 0 Å². The maximum absolute atomic E-state index is 12.3. The lowest BCUT2D eigenvalue weighted by atomic mass is 9.97. The lowest BCUT2D eigenvalue weighted by Crippen LogP contribution is -2.63. The van der Waals surface area contributed by atoms with Gasteiger partial charge in [0.2, 0.25) is 0 Å². The minimum atomic E-state index is -7.28. The quantitative estimate of drug-likeness (QED) is 0.667. The molecule has 0 aromatic carbocycles. The van der Waals surface area contributed by atoms with E-state index in [1.54, 1.807) is 0 Å². The molecule has 11 heteroatoms. The van der Waals surface area contributed by atoms with Gasteiger partial charge < -0.3 is 0 Å². The highest BCUT2D eigenvalue weighted by atomic mass is 19.4. The lowest BCUT2D eigenvalue weighted by molar-refractivity contribution is -0.388. The van der Waals surface area contributed by atoms with Gasteiger partial charge in [0.1, 0.15) is 0 Å². The Balaban J connectivity index is 5.75. The van der Waals surface area contributed by atoms with Crippen molar-refractivity contribution in [2.75, 3.05) is 0 Å². The minimum absolute atomic E-state index is 4.72. The van der Waals surface area contributed by atoms with Crippen LogP contribution in [0.5, 0.6) is 0 Å². The Kier molecular flexibility index (Phi) is 3.45. The van der Waals surface area contributed by atoms with E-state index < -0.39 is 30.4 Å². The molecule has 0 spiro atoms. The predicted molar refractivity (Wildman–Crippen MR) is 26.4 cm³/mol. The van der Waals surface area contributed by atoms with Crippen LogP contribution in [-0.2, 0) is 0 Å². The largest absolute Gasteiger partial charge is 0.457 e. The van der Waals surface area contributed by atoms with Crippen LogP contribution in [0.25, 0.3) is 0 Å². The molecule has 0 aliphatic carbocycles. The molecule has 0 fully saturated rings. The van der Waals surface area contributed by atoms with Crippen LogP contribution in [0, 0.1) is 6.43 Å². The van der Waals surface area contributed by atoms with E-state index in [-0.39, 0.29) is 0 Å². The number of rotatable bonds is 2. The van der Waals surface area contributed by atoms with Crippen LogP contribution >= 0.6 is 0 Å². The summed E-state index contributed by atoms with van der Waals surface area (Å²) in [5.74, 6) is -7.28. The van der Waals surface area contributed by atoms with E-state index >= 15 is 0 Å². The van der Waals surface area contributed by atoms with Crippen molar-refractivity contribution >= 4 is 0 Å². The first-order valence-corrected chi connectivity index (χ1v) is 3.08. The third-order valence-corrected chi connectivity index (χ3v) is 1.44. The molecule has 1 radical (unpaired) electrons. The van der Waals surface area contributed by atoms with Gasteiger partial charge in [0.05, 0.1) is 0 Å². The summed E-state index contributed by atoms with van der Waals surface area (Å²) in [4.78, 5) is 0. The van der Waals surface area contributed by atoms with Gasteiger partial charge in [-0.25, -0.2) is 4.39 Å². The molecule has 0 aliphatic rings. The van der Waals surface area contributed by atoms with Crippen LogP contribution in [0.3, 0.4) is 0 Å². The second-order valence-corrected chi connectivity index (χ2v) is 2.49. The van der Waals surface area contributed by atoms with E-state index in [4.69, 9.17) is 0 Å². The number of alkyl halides is 9. The van der Waals surface area contributed by atoms with E-state index in [1.807, 2.05) is 0 Å². The van der Waals surface area contributed by atoms with Crippen LogP contribution < -0.4 is 0 Å². The normalized spacial score (nSPS) is 18.8. The highest BCUT2D eigenvalue weighted by Crippen LogP contribution is 2.57. The fourth-order valence-corrected chi connectivity index (χ4v) is 0.599. The molecule has 1 atom stereocenters. The van der Waals surface area contributed by atoms with Crippen molar-refractivity contribution in [2.45, 2.75) is 23.9 Å². The summed E-state index contributed by atoms with van der Waals surface area (Å²) in [6.07, 6.45) is -18.9. The average Bonchev–Trinajstić information content (AvgIpc) is 1.97. The smallest absolute Gasteiger partial charge is 0.219 e. The molecular weight excluding hydrogens is 269 g/mol. The summed E-state index contributed by atoms with van der Waals surface area (Å²) in [5, 5.41) is 0. The molecule has 0 aromatic heterocycles. The van der Waals surface area contributed by atoms with Gasteiger partial charge in [-0.05, 0) is 0 Å². The van der Waals surface area contributed by atoms with Gasteiger partial charge in [0.15, 0.2) is 0 Å². The van der Waals surface area contributed by atoms with E-state index in [1.165, 1.54) is 0 Å². The molecule has 0 aromatic rings. The Morgan fingerprint density at radius 1 is 0.562 bits per heavy atom. The van der Waals surface area contributed by atoms with Gasteiger partial charge in [-0.3, -0.25) is 0 Å². The first kappa shape index (κ1) is 15.2. The molecule has 0 bridgehead atoms. The van der Waals surface area contributed by atoms with E-state index in [0.29, 0.717) is 0 Å². The Labute approximate surface area is 80.0 Å². The van der Waals surface area contributed by atoms with Gasteiger partial charge in [-0.1, -0.05) is 0 Å². The van der Waals surface area contributed by atoms with Gasteiger partial charge in [-0.2, -0.15) is 43.9 Å². The predicted octanol–water partition coefficient (Wildman–Crippen LogP) is 3.88. The fourth-order valence-electron chi connectivity index (χ4n) is 0.599. The van der Waals surface area contributed by atoms with Crippen molar-refractivity contribution in [1.29, 1.82) is 0 Å². The summed E-state index contributed by atoms with van der Waals surface area (Å²) in [7, 11) is 0. The second-order valence-electron chi connectivity index (χ2n) is 2.49. The molecular formula is C5F11. The summed E-state index contributed by atoms with van der Waals surface area (Å²) in [5.41, 5.74) is -7.06. The fraction of sp³-hybridized carbons (Fsp3) is 0.800. The maximum atomic E-state index is 12.3. The second kappa shape index (κ2) is 3.62. The highest BCUT2D eigenvalue weighted by molar-refractivity contribution is 5.12. The van der Waals surface area contributed by atoms with Crippen LogP contribution in [0.2, 0.25) is 0 Å². The molecule has 0 aliphatic heterocycles.